The summed E-state index contributed by atoms with van der Waals surface area (Å²) in [5, 5.41) is 0. The van der Waals surface area contributed by atoms with Crippen LogP contribution >= 0.6 is 0 Å². The summed E-state index contributed by atoms with van der Waals surface area (Å²) in [7, 11) is 1.64. The standard InChI is InChI=1S/C16H17NO2/c1-3-16(17-13-8-5-4-6-9-13)19-15-11-7-10-14(12-15)18-2/h4-12H,3H2,1-2H3. The third-order valence-corrected chi connectivity index (χ3v) is 2.59. The van der Waals surface area contributed by atoms with E-state index in [-0.39, 0.29) is 0 Å². The molecule has 0 heterocycles. The molecular formula is C16H17NO2. The highest BCUT2D eigenvalue weighted by atomic mass is 16.5. The Kier molecular flexibility index (Phi) is 4.56. The van der Waals surface area contributed by atoms with Gasteiger partial charge in [-0.05, 0) is 24.3 Å². The van der Waals surface area contributed by atoms with E-state index in [0.29, 0.717) is 5.90 Å². The largest absolute Gasteiger partial charge is 0.497 e. The summed E-state index contributed by atoms with van der Waals surface area (Å²) in [6.07, 6.45) is 0.728. The van der Waals surface area contributed by atoms with E-state index in [0.717, 1.165) is 23.6 Å². The fourth-order valence-electron chi connectivity index (χ4n) is 1.62. The van der Waals surface area contributed by atoms with Crippen molar-refractivity contribution in [2.45, 2.75) is 13.3 Å². The van der Waals surface area contributed by atoms with E-state index in [2.05, 4.69) is 4.99 Å². The summed E-state index contributed by atoms with van der Waals surface area (Å²) in [5.74, 6) is 2.18. The molecule has 2 aromatic carbocycles. The molecule has 0 saturated heterocycles. The van der Waals surface area contributed by atoms with Gasteiger partial charge in [-0.15, -0.1) is 0 Å². The van der Waals surface area contributed by atoms with Gasteiger partial charge >= 0.3 is 0 Å². The molecule has 0 aliphatic rings. The second kappa shape index (κ2) is 6.59. The van der Waals surface area contributed by atoms with Crippen LogP contribution in [0.2, 0.25) is 0 Å². The SMILES string of the molecule is CCC(=Nc1ccccc1)Oc1cccc(OC)c1. The Labute approximate surface area is 113 Å². The van der Waals surface area contributed by atoms with Gasteiger partial charge in [0.2, 0.25) is 0 Å². The van der Waals surface area contributed by atoms with Crippen LogP contribution in [0.25, 0.3) is 0 Å². The zero-order valence-corrected chi connectivity index (χ0v) is 11.2. The summed E-state index contributed by atoms with van der Waals surface area (Å²) in [5.41, 5.74) is 0.891. The molecule has 2 rings (SSSR count). The van der Waals surface area contributed by atoms with E-state index in [9.17, 15) is 0 Å². The van der Waals surface area contributed by atoms with Crippen LogP contribution in [-0.2, 0) is 0 Å². The highest BCUT2D eigenvalue weighted by molar-refractivity contribution is 5.81. The van der Waals surface area contributed by atoms with Gasteiger partial charge in [0, 0.05) is 12.5 Å². The molecule has 0 aliphatic heterocycles. The van der Waals surface area contributed by atoms with E-state index in [1.54, 1.807) is 7.11 Å². The Bertz CT molecular complexity index is 550. The number of methoxy groups -OCH3 is 1. The topological polar surface area (TPSA) is 30.8 Å². The fourth-order valence-corrected chi connectivity index (χ4v) is 1.62. The fraction of sp³-hybridized carbons (Fsp3) is 0.188. The lowest BCUT2D eigenvalue weighted by Crippen LogP contribution is -2.06. The number of benzene rings is 2. The second-order valence-corrected chi connectivity index (χ2v) is 3.98. The van der Waals surface area contributed by atoms with Crippen molar-refractivity contribution < 1.29 is 9.47 Å². The number of hydrogen-bond donors (Lipinski definition) is 0. The Morgan fingerprint density at radius 1 is 1.00 bits per heavy atom. The first-order valence-corrected chi connectivity index (χ1v) is 6.26. The molecule has 3 heteroatoms. The summed E-state index contributed by atoms with van der Waals surface area (Å²) in [6, 6.07) is 17.3. The van der Waals surface area contributed by atoms with Crippen LogP contribution in [-0.4, -0.2) is 13.0 Å². The van der Waals surface area contributed by atoms with Crippen LogP contribution in [0, 0.1) is 0 Å². The van der Waals surface area contributed by atoms with Gasteiger partial charge in [0.1, 0.15) is 11.5 Å². The quantitative estimate of drug-likeness (QED) is 0.605. The smallest absolute Gasteiger partial charge is 0.194 e. The van der Waals surface area contributed by atoms with Crippen LogP contribution < -0.4 is 9.47 Å². The minimum atomic E-state index is 0.680. The predicted octanol–water partition coefficient (Wildman–Crippen LogP) is 4.21. The Morgan fingerprint density at radius 2 is 1.74 bits per heavy atom. The lowest BCUT2D eigenvalue weighted by molar-refractivity contribution is 0.411. The first-order chi connectivity index (χ1) is 9.31. The summed E-state index contributed by atoms with van der Waals surface area (Å²) in [4.78, 5) is 4.48. The van der Waals surface area contributed by atoms with Gasteiger partial charge in [0.25, 0.3) is 0 Å². The zero-order valence-electron chi connectivity index (χ0n) is 11.2. The number of nitrogens with zero attached hydrogens (tertiary/aromatic N) is 1. The predicted molar refractivity (Wildman–Crippen MR) is 77.5 cm³/mol. The van der Waals surface area contributed by atoms with E-state index in [1.807, 2.05) is 61.5 Å². The first kappa shape index (κ1) is 13.1. The summed E-state index contributed by atoms with van der Waals surface area (Å²) < 4.78 is 10.9. The molecule has 0 aliphatic carbocycles. The number of hydrogen-bond acceptors (Lipinski definition) is 3. The maximum Gasteiger partial charge on any atom is 0.194 e. The van der Waals surface area contributed by atoms with Crippen molar-refractivity contribution in [2.75, 3.05) is 7.11 Å². The van der Waals surface area contributed by atoms with Crippen molar-refractivity contribution in [1.82, 2.24) is 0 Å². The van der Waals surface area contributed by atoms with Gasteiger partial charge in [-0.3, -0.25) is 0 Å². The monoisotopic (exact) mass is 255 g/mol. The number of ether oxygens (including phenoxy) is 2. The molecule has 19 heavy (non-hydrogen) atoms. The minimum Gasteiger partial charge on any atom is -0.497 e. The minimum absolute atomic E-state index is 0.680. The van der Waals surface area contributed by atoms with Crippen LogP contribution in [0.1, 0.15) is 13.3 Å². The third-order valence-electron chi connectivity index (χ3n) is 2.59. The van der Waals surface area contributed by atoms with E-state index >= 15 is 0 Å². The molecule has 0 aromatic heterocycles. The van der Waals surface area contributed by atoms with Crippen molar-refractivity contribution in [2.24, 2.45) is 4.99 Å². The van der Waals surface area contributed by atoms with Crippen LogP contribution in [0.3, 0.4) is 0 Å². The average Bonchev–Trinajstić information content (AvgIpc) is 2.48. The van der Waals surface area contributed by atoms with Gasteiger partial charge in [-0.2, -0.15) is 0 Å². The Morgan fingerprint density at radius 3 is 2.42 bits per heavy atom. The van der Waals surface area contributed by atoms with Gasteiger partial charge in [-0.25, -0.2) is 4.99 Å². The molecule has 3 nitrogen and oxygen atoms in total. The third kappa shape index (κ3) is 3.85. The Balaban J connectivity index is 2.17. The molecule has 0 unspecified atom stereocenters. The number of rotatable bonds is 4. The van der Waals surface area contributed by atoms with Gasteiger partial charge < -0.3 is 9.47 Å². The van der Waals surface area contributed by atoms with Crippen LogP contribution in [0.5, 0.6) is 11.5 Å². The van der Waals surface area contributed by atoms with Crippen molar-refractivity contribution in [3.05, 3.63) is 54.6 Å². The highest BCUT2D eigenvalue weighted by Gasteiger charge is 2.02. The van der Waals surface area contributed by atoms with E-state index in [4.69, 9.17) is 9.47 Å². The summed E-state index contributed by atoms with van der Waals surface area (Å²) in [6.45, 7) is 2.02. The van der Waals surface area contributed by atoms with Gasteiger partial charge in [0.05, 0.1) is 12.8 Å². The van der Waals surface area contributed by atoms with Crippen LogP contribution in [0.15, 0.2) is 59.6 Å². The molecule has 0 atom stereocenters. The normalized spacial score (nSPS) is 11.2. The molecule has 2 aromatic rings. The molecular weight excluding hydrogens is 238 g/mol. The van der Waals surface area contributed by atoms with Crippen LogP contribution in [0.4, 0.5) is 5.69 Å². The first-order valence-electron chi connectivity index (χ1n) is 6.26. The molecule has 98 valence electrons. The van der Waals surface area contributed by atoms with Crippen molar-refractivity contribution in [1.29, 1.82) is 0 Å². The second-order valence-electron chi connectivity index (χ2n) is 3.98. The molecule has 0 saturated carbocycles. The maximum absolute atomic E-state index is 5.78. The lowest BCUT2D eigenvalue weighted by atomic mass is 10.3. The summed E-state index contributed by atoms with van der Waals surface area (Å²) >= 11 is 0. The molecule has 0 fully saturated rings. The van der Waals surface area contributed by atoms with E-state index in [1.165, 1.54) is 0 Å². The molecule has 0 bridgehead atoms. The maximum atomic E-state index is 5.78. The highest BCUT2D eigenvalue weighted by Crippen LogP contribution is 2.20. The van der Waals surface area contributed by atoms with Crippen molar-refractivity contribution in [3.63, 3.8) is 0 Å². The molecule has 0 spiro atoms. The van der Waals surface area contributed by atoms with Crippen molar-refractivity contribution >= 4 is 11.6 Å². The lowest BCUT2D eigenvalue weighted by Gasteiger charge is -2.08. The van der Waals surface area contributed by atoms with Crippen molar-refractivity contribution in [3.8, 4) is 11.5 Å². The zero-order chi connectivity index (χ0) is 13.5. The number of aliphatic imine (C=N–C) groups is 1. The van der Waals surface area contributed by atoms with E-state index < -0.39 is 0 Å². The number of para-hydroxylation sites is 1. The average molecular weight is 255 g/mol. The molecule has 0 N–H and O–H groups in total. The molecule has 0 amide bonds. The van der Waals surface area contributed by atoms with Gasteiger partial charge in [-0.1, -0.05) is 31.2 Å². The molecule has 0 radical (unpaired) electrons. The Hall–Kier alpha value is -2.29. The van der Waals surface area contributed by atoms with Gasteiger partial charge in [0.15, 0.2) is 5.90 Å².